The summed E-state index contributed by atoms with van der Waals surface area (Å²) in [5.41, 5.74) is 0.925. The molecule has 1 heterocycles. The van der Waals surface area contributed by atoms with E-state index in [4.69, 9.17) is 4.52 Å². The number of carbonyl (C=O) groups excluding carboxylic acids is 1. The SMILES string of the molecule is CN=C(NCc1cc(C(C)C)no1)NCC(C)C(=O)OC.I. The van der Waals surface area contributed by atoms with Crippen molar-refractivity contribution in [1.82, 2.24) is 15.8 Å². The van der Waals surface area contributed by atoms with Crippen molar-refractivity contribution < 1.29 is 14.1 Å². The van der Waals surface area contributed by atoms with Crippen molar-refractivity contribution in [3.8, 4) is 0 Å². The number of carbonyl (C=O) groups is 1. The monoisotopic (exact) mass is 424 g/mol. The molecule has 126 valence electrons. The van der Waals surface area contributed by atoms with Crippen molar-refractivity contribution >= 4 is 35.9 Å². The third-order valence-corrected chi connectivity index (χ3v) is 3.00. The first-order chi connectivity index (χ1) is 9.97. The molecular formula is C14H25IN4O3. The van der Waals surface area contributed by atoms with Crippen LogP contribution in [0.4, 0.5) is 0 Å². The highest BCUT2D eigenvalue weighted by Crippen LogP contribution is 2.13. The third kappa shape index (κ3) is 6.63. The van der Waals surface area contributed by atoms with Crippen LogP contribution in [0.15, 0.2) is 15.6 Å². The second-order valence-corrected chi connectivity index (χ2v) is 5.10. The predicted octanol–water partition coefficient (Wildman–Crippen LogP) is 1.89. The van der Waals surface area contributed by atoms with E-state index >= 15 is 0 Å². The minimum absolute atomic E-state index is 0. The van der Waals surface area contributed by atoms with Crippen LogP contribution in [0.25, 0.3) is 0 Å². The minimum Gasteiger partial charge on any atom is -0.469 e. The highest BCUT2D eigenvalue weighted by atomic mass is 127. The molecule has 0 saturated heterocycles. The van der Waals surface area contributed by atoms with E-state index in [9.17, 15) is 4.79 Å². The van der Waals surface area contributed by atoms with Crippen LogP contribution < -0.4 is 10.6 Å². The van der Waals surface area contributed by atoms with Crippen molar-refractivity contribution in [2.45, 2.75) is 33.2 Å². The van der Waals surface area contributed by atoms with Crippen LogP contribution in [0.2, 0.25) is 0 Å². The number of hydrogen-bond acceptors (Lipinski definition) is 5. The van der Waals surface area contributed by atoms with Gasteiger partial charge in [-0.3, -0.25) is 9.79 Å². The number of halogens is 1. The average molecular weight is 424 g/mol. The summed E-state index contributed by atoms with van der Waals surface area (Å²) in [6.45, 7) is 6.83. The summed E-state index contributed by atoms with van der Waals surface area (Å²) in [5.74, 6) is 1.16. The molecule has 1 rings (SSSR count). The second-order valence-electron chi connectivity index (χ2n) is 5.10. The van der Waals surface area contributed by atoms with Gasteiger partial charge in [-0.15, -0.1) is 24.0 Å². The molecule has 0 fully saturated rings. The Morgan fingerprint density at radius 2 is 2.09 bits per heavy atom. The molecule has 1 unspecified atom stereocenters. The Kier molecular flexibility index (Phi) is 9.79. The molecule has 0 aliphatic heterocycles. The number of nitrogens with one attached hydrogen (secondary N) is 2. The van der Waals surface area contributed by atoms with Gasteiger partial charge in [-0.25, -0.2) is 0 Å². The molecule has 0 amide bonds. The Morgan fingerprint density at radius 3 is 2.59 bits per heavy atom. The molecule has 1 aromatic rings. The molecule has 22 heavy (non-hydrogen) atoms. The van der Waals surface area contributed by atoms with Crippen LogP contribution in [-0.2, 0) is 16.1 Å². The maximum atomic E-state index is 11.3. The molecule has 0 bridgehead atoms. The molecular weight excluding hydrogens is 399 g/mol. The Hall–Kier alpha value is -1.32. The van der Waals surface area contributed by atoms with E-state index in [0.29, 0.717) is 25.0 Å². The lowest BCUT2D eigenvalue weighted by molar-refractivity contribution is -0.144. The number of rotatable bonds is 6. The van der Waals surface area contributed by atoms with Crippen molar-refractivity contribution in [2.75, 3.05) is 20.7 Å². The topological polar surface area (TPSA) is 88.8 Å². The molecule has 0 spiro atoms. The van der Waals surface area contributed by atoms with E-state index in [-0.39, 0.29) is 35.9 Å². The summed E-state index contributed by atoms with van der Waals surface area (Å²) >= 11 is 0. The van der Waals surface area contributed by atoms with Gasteiger partial charge in [0, 0.05) is 19.7 Å². The Bertz CT molecular complexity index is 488. The van der Waals surface area contributed by atoms with Gasteiger partial charge in [-0.2, -0.15) is 0 Å². The summed E-state index contributed by atoms with van der Waals surface area (Å²) < 4.78 is 9.90. The van der Waals surface area contributed by atoms with E-state index in [1.54, 1.807) is 14.0 Å². The molecule has 0 radical (unpaired) electrons. The van der Waals surface area contributed by atoms with E-state index in [2.05, 4.69) is 39.4 Å². The molecule has 1 atom stereocenters. The number of esters is 1. The van der Waals surface area contributed by atoms with Crippen LogP contribution in [0, 0.1) is 5.92 Å². The van der Waals surface area contributed by atoms with Gasteiger partial charge >= 0.3 is 5.97 Å². The van der Waals surface area contributed by atoms with Crippen molar-refractivity contribution in [3.05, 3.63) is 17.5 Å². The van der Waals surface area contributed by atoms with Crippen molar-refractivity contribution in [3.63, 3.8) is 0 Å². The molecule has 0 saturated carbocycles. The third-order valence-electron chi connectivity index (χ3n) is 3.00. The van der Waals surface area contributed by atoms with Crippen LogP contribution in [-0.4, -0.2) is 37.8 Å². The fourth-order valence-electron chi connectivity index (χ4n) is 1.61. The Morgan fingerprint density at radius 1 is 1.41 bits per heavy atom. The standard InChI is InChI=1S/C14H24N4O3.HI/c1-9(2)12-6-11(21-18-12)8-17-14(15-4)16-7-10(3)13(19)20-5;/h6,9-10H,7-8H2,1-5H3,(H2,15,16,17);1H. The molecule has 0 aliphatic rings. The zero-order valence-electron chi connectivity index (χ0n) is 13.7. The maximum absolute atomic E-state index is 11.3. The number of aromatic nitrogens is 1. The fourth-order valence-corrected chi connectivity index (χ4v) is 1.61. The summed E-state index contributed by atoms with van der Waals surface area (Å²) in [7, 11) is 3.04. The second kappa shape index (κ2) is 10.4. The first-order valence-electron chi connectivity index (χ1n) is 6.95. The molecule has 7 nitrogen and oxygen atoms in total. The number of guanidine groups is 1. The van der Waals surface area contributed by atoms with Crippen LogP contribution in [0.3, 0.4) is 0 Å². The molecule has 1 aromatic heterocycles. The molecule has 0 aliphatic carbocycles. The van der Waals surface area contributed by atoms with Gasteiger partial charge < -0.3 is 19.9 Å². The molecule has 8 heteroatoms. The Labute approximate surface area is 148 Å². The van der Waals surface area contributed by atoms with Gasteiger partial charge in [0.05, 0.1) is 25.3 Å². The maximum Gasteiger partial charge on any atom is 0.310 e. The van der Waals surface area contributed by atoms with E-state index < -0.39 is 0 Å². The van der Waals surface area contributed by atoms with Crippen molar-refractivity contribution in [1.29, 1.82) is 0 Å². The fraction of sp³-hybridized carbons (Fsp3) is 0.643. The lowest BCUT2D eigenvalue weighted by Gasteiger charge is -2.13. The van der Waals surface area contributed by atoms with Gasteiger partial charge in [0.25, 0.3) is 0 Å². The van der Waals surface area contributed by atoms with Gasteiger partial charge in [0.1, 0.15) is 0 Å². The quantitative estimate of drug-likeness (QED) is 0.314. The lowest BCUT2D eigenvalue weighted by Crippen LogP contribution is -2.40. The lowest BCUT2D eigenvalue weighted by atomic mass is 10.1. The van der Waals surface area contributed by atoms with E-state index in [1.807, 2.05) is 6.07 Å². The number of methoxy groups -OCH3 is 1. The van der Waals surface area contributed by atoms with Gasteiger partial charge in [0.2, 0.25) is 0 Å². The highest BCUT2D eigenvalue weighted by molar-refractivity contribution is 14.0. The normalized spacial score (nSPS) is 12.5. The number of nitrogens with zero attached hydrogens (tertiary/aromatic N) is 2. The first-order valence-corrected chi connectivity index (χ1v) is 6.95. The zero-order valence-corrected chi connectivity index (χ0v) is 16.0. The zero-order chi connectivity index (χ0) is 15.8. The van der Waals surface area contributed by atoms with E-state index in [0.717, 1.165) is 11.5 Å². The predicted molar refractivity (Wildman–Crippen MR) is 95.4 cm³/mol. The van der Waals surface area contributed by atoms with Crippen LogP contribution >= 0.6 is 24.0 Å². The summed E-state index contributed by atoms with van der Waals surface area (Å²) in [6, 6.07) is 1.92. The largest absolute Gasteiger partial charge is 0.469 e. The summed E-state index contributed by atoms with van der Waals surface area (Å²) in [5, 5.41) is 10.2. The summed E-state index contributed by atoms with van der Waals surface area (Å²) in [4.78, 5) is 15.4. The number of ether oxygens (including phenoxy) is 1. The van der Waals surface area contributed by atoms with E-state index in [1.165, 1.54) is 7.11 Å². The highest BCUT2D eigenvalue weighted by Gasteiger charge is 2.13. The number of hydrogen-bond donors (Lipinski definition) is 2. The van der Waals surface area contributed by atoms with Gasteiger partial charge in [-0.05, 0) is 5.92 Å². The Balaban J connectivity index is 0.00000441. The van der Waals surface area contributed by atoms with Crippen LogP contribution in [0.1, 0.15) is 38.1 Å². The number of aliphatic imine (C=N–C) groups is 1. The first kappa shape index (κ1) is 20.7. The van der Waals surface area contributed by atoms with Crippen molar-refractivity contribution in [2.24, 2.45) is 10.9 Å². The van der Waals surface area contributed by atoms with Crippen LogP contribution in [0.5, 0.6) is 0 Å². The summed E-state index contributed by atoms with van der Waals surface area (Å²) in [6.07, 6.45) is 0. The minimum atomic E-state index is -0.255. The smallest absolute Gasteiger partial charge is 0.310 e. The average Bonchev–Trinajstić information content (AvgIpc) is 2.95. The van der Waals surface area contributed by atoms with Gasteiger partial charge in [0.15, 0.2) is 11.7 Å². The molecule has 0 aromatic carbocycles. The van der Waals surface area contributed by atoms with Gasteiger partial charge in [-0.1, -0.05) is 25.9 Å². The molecule has 2 N–H and O–H groups in total.